The molecule has 92 valence electrons. The number of rotatable bonds is 4. The van der Waals surface area contributed by atoms with Gasteiger partial charge in [0.25, 0.3) is 5.91 Å². The highest BCUT2D eigenvalue weighted by atomic mass is 35.5. The highest BCUT2D eigenvalue weighted by Crippen LogP contribution is 2.18. The van der Waals surface area contributed by atoms with E-state index in [1.54, 1.807) is 23.1 Å². The quantitative estimate of drug-likeness (QED) is 0.748. The van der Waals surface area contributed by atoms with Crippen molar-refractivity contribution in [2.75, 3.05) is 6.54 Å². The summed E-state index contributed by atoms with van der Waals surface area (Å²) >= 11 is 5.95. The fraction of sp³-hybridized carbons (Fsp3) is 0.357. The molecule has 17 heavy (non-hydrogen) atoms. The third-order valence-corrected chi connectivity index (χ3v) is 3.04. The van der Waals surface area contributed by atoms with E-state index < -0.39 is 0 Å². The lowest BCUT2D eigenvalue weighted by Gasteiger charge is -2.25. The highest BCUT2D eigenvalue weighted by Gasteiger charge is 2.17. The molecule has 0 spiro atoms. The van der Waals surface area contributed by atoms with E-state index in [1.807, 2.05) is 26.8 Å². The van der Waals surface area contributed by atoms with Gasteiger partial charge in [-0.1, -0.05) is 17.7 Å². The number of benzene rings is 1. The Morgan fingerprint density at radius 1 is 1.53 bits per heavy atom. The molecule has 0 N–H and O–H groups in total. The Labute approximate surface area is 108 Å². The molecule has 0 unspecified atom stereocenters. The van der Waals surface area contributed by atoms with Crippen molar-refractivity contribution in [3.8, 4) is 0 Å². The van der Waals surface area contributed by atoms with Crippen LogP contribution in [0, 0.1) is 6.92 Å². The van der Waals surface area contributed by atoms with Gasteiger partial charge in [0.05, 0.1) is 0 Å². The lowest BCUT2D eigenvalue weighted by atomic mass is 10.1. The van der Waals surface area contributed by atoms with Crippen LogP contribution in [-0.2, 0) is 0 Å². The number of amides is 1. The number of nitrogens with zero attached hydrogens (tertiary/aromatic N) is 1. The fourth-order valence-corrected chi connectivity index (χ4v) is 1.73. The van der Waals surface area contributed by atoms with E-state index in [-0.39, 0.29) is 11.9 Å². The minimum absolute atomic E-state index is 0.0136. The van der Waals surface area contributed by atoms with Crippen LogP contribution < -0.4 is 0 Å². The van der Waals surface area contributed by atoms with Gasteiger partial charge in [-0.05, 0) is 44.5 Å². The molecular formula is C14H18ClNO. The van der Waals surface area contributed by atoms with Gasteiger partial charge < -0.3 is 4.90 Å². The highest BCUT2D eigenvalue weighted by molar-refractivity contribution is 6.31. The van der Waals surface area contributed by atoms with E-state index in [0.717, 1.165) is 5.56 Å². The molecule has 1 aromatic carbocycles. The summed E-state index contributed by atoms with van der Waals surface area (Å²) in [6, 6.07) is 5.49. The van der Waals surface area contributed by atoms with Crippen LogP contribution in [0.3, 0.4) is 0 Å². The van der Waals surface area contributed by atoms with Gasteiger partial charge >= 0.3 is 0 Å². The van der Waals surface area contributed by atoms with Gasteiger partial charge in [0.15, 0.2) is 0 Å². The van der Waals surface area contributed by atoms with Crippen molar-refractivity contribution in [3.05, 3.63) is 47.0 Å². The van der Waals surface area contributed by atoms with Crippen molar-refractivity contribution >= 4 is 17.5 Å². The zero-order valence-corrected chi connectivity index (χ0v) is 11.3. The molecule has 3 heteroatoms. The van der Waals surface area contributed by atoms with E-state index in [2.05, 4.69) is 6.58 Å². The molecule has 0 heterocycles. The fourth-order valence-electron chi connectivity index (χ4n) is 1.61. The molecular weight excluding hydrogens is 234 g/mol. The monoisotopic (exact) mass is 251 g/mol. The standard InChI is InChI=1S/C14H18ClNO/c1-5-8-16(10(2)3)14(17)12-6-7-13(15)11(4)9-12/h5-7,9-10H,1,8H2,2-4H3. The molecule has 0 aliphatic rings. The van der Waals surface area contributed by atoms with Gasteiger partial charge in [-0.25, -0.2) is 0 Å². The van der Waals surface area contributed by atoms with Gasteiger partial charge in [-0.3, -0.25) is 4.79 Å². The molecule has 1 amide bonds. The number of aryl methyl sites for hydroxylation is 1. The van der Waals surface area contributed by atoms with Crippen molar-refractivity contribution in [1.82, 2.24) is 4.90 Å². The van der Waals surface area contributed by atoms with Crippen LogP contribution in [0.2, 0.25) is 5.02 Å². The average molecular weight is 252 g/mol. The van der Waals surface area contributed by atoms with Crippen LogP contribution in [0.4, 0.5) is 0 Å². The molecule has 1 aromatic rings. The number of hydrogen-bond donors (Lipinski definition) is 0. The first-order valence-corrected chi connectivity index (χ1v) is 6.03. The summed E-state index contributed by atoms with van der Waals surface area (Å²) in [6.07, 6.45) is 1.74. The molecule has 0 bridgehead atoms. The maximum absolute atomic E-state index is 12.3. The summed E-state index contributed by atoms with van der Waals surface area (Å²) in [4.78, 5) is 14.0. The van der Waals surface area contributed by atoms with Gasteiger partial charge in [-0.15, -0.1) is 6.58 Å². The van der Waals surface area contributed by atoms with E-state index >= 15 is 0 Å². The van der Waals surface area contributed by atoms with Crippen molar-refractivity contribution in [2.24, 2.45) is 0 Å². The van der Waals surface area contributed by atoms with Crippen molar-refractivity contribution < 1.29 is 4.79 Å². The molecule has 1 rings (SSSR count). The van der Waals surface area contributed by atoms with E-state index in [9.17, 15) is 4.79 Å². The number of carbonyl (C=O) groups excluding carboxylic acids is 1. The number of halogens is 1. The number of hydrogen-bond acceptors (Lipinski definition) is 1. The molecule has 0 fully saturated rings. The second kappa shape index (κ2) is 5.87. The third kappa shape index (κ3) is 3.34. The first kappa shape index (κ1) is 13.8. The van der Waals surface area contributed by atoms with Crippen LogP contribution in [0.25, 0.3) is 0 Å². The second-order valence-corrected chi connectivity index (χ2v) is 4.71. The van der Waals surface area contributed by atoms with Crippen LogP contribution >= 0.6 is 11.6 Å². The summed E-state index contributed by atoms with van der Waals surface area (Å²) in [6.45, 7) is 10.1. The van der Waals surface area contributed by atoms with Gasteiger partial charge in [0.2, 0.25) is 0 Å². The molecule has 0 atom stereocenters. The smallest absolute Gasteiger partial charge is 0.254 e. The van der Waals surface area contributed by atoms with Gasteiger partial charge in [0.1, 0.15) is 0 Å². The molecule has 0 aromatic heterocycles. The van der Waals surface area contributed by atoms with E-state index in [1.165, 1.54) is 0 Å². The zero-order chi connectivity index (χ0) is 13.0. The number of carbonyl (C=O) groups is 1. The normalized spacial score (nSPS) is 10.4. The second-order valence-electron chi connectivity index (χ2n) is 4.30. The Bertz CT molecular complexity index is 426. The summed E-state index contributed by atoms with van der Waals surface area (Å²) in [5.74, 6) is 0.0136. The third-order valence-electron chi connectivity index (χ3n) is 2.61. The SMILES string of the molecule is C=CCN(C(=O)c1ccc(Cl)c(C)c1)C(C)C. The first-order chi connectivity index (χ1) is 7.97. The minimum Gasteiger partial charge on any atom is -0.333 e. The van der Waals surface area contributed by atoms with E-state index in [4.69, 9.17) is 11.6 Å². The van der Waals surface area contributed by atoms with Crippen molar-refractivity contribution in [1.29, 1.82) is 0 Å². The summed E-state index contributed by atoms with van der Waals surface area (Å²) in [5, 5.41) is 0.682. The van der Waals surface area contributed by atoms with Crippen LogP contribution in [0.1, 0.15) is 29.8 Å². The lowest BCUT2D eigenvalue weighted by Crippen LogP contribution is -2.37. The Balaban J connectivity index is 3.00. The Morgan fingerprint density at radius 2 is 2.18 bits per heavy atom. The van der Waals surface area contributed by atoms with Crippen LogP contribution in [0.15, 0.2) is 30.9 Å². The zero-order valence-electron chi connectivity index (χ0n) is 10.5. The van der Waals surface area contributed by atoms with Crippen molar-refractivity contribution in [3.63, 3.8) is 0 Å². The maximum atomic E-state index is 12.3. The van der Waals surface area contributed by atoms with Gasteiger partial charge in [-0.2, -0.15) is 0 Å². The summed E-state index contributed by atoms with van der Waals surface area (Å²) < 4.78 is 0. The minimum atomic E-state index is 0.0136. The van der Waals surface area contributed by atoms with Crippen LogP contribution in [0.5, 0.6) is 0 Å². The Morgan fingerprint density at radius 3 is 2.65 bits per heavy atom. The molecule has 2 nitrogen and oxygen atoms in total. The molecule has 0 saturated carbocycles. The Kier molecular flexibility index (Phi) is 4.76. The maximum Gasteiger partial charge on any atom is 0.254 e. The largest absolute Gasteiger partial charge is 0.333 e. The molecule has 0 saturated heterocycles. The molecule has 0 radical (unpaired) electrons. The molecule has 0 aliphatic heterocycles. The van der Waals surface area contributed by atoms with Crippen LogP contribution in [-0.4, -0.2) is 23.4 Å². The summed E-state index contributed by atoms with van der Waals surface area (Å²) in [7, 11) is 0. The lowest BCUT2D eigenvalue weighted by molar-refractivity contribution is 0.0728. The summed E-state index contributed by atoms with van der Waals surface area (Å²) in [5.41, 5.74) is 1.59. The predicted octanol–water partition coefficient (Wildman–Crippen LogP) is 3.69. The first-order valence-electron chi connectivity index (χ1n) is 5.65. The van der Waals surface area contributed by atoms with E-state index in [0.29, 0.717) is 17.1 Å². The Hall–Kier alpha value is -1.28. The van der Waals surface area contributed by atoms with Gasteiger partial charge in [0, 0.05) is 23.2 Å². The average Bonchev–Trinajstić information content (AvgIpc) is 2.28. The topological polar surface area (TPSA) is 20.3 Å². The van der Waals surface area contributed by atoms with Crippen molar-refractivity contribution in [2.45, 2.75) is 26.8 Å². The predicted molar refractivity (Wildman–Crippen MR) is 72.6 cm³/mol. The molecule has 0 aliphatic carbocycles.